The molecule has 0 aliphatic carbocycles. The summed E-state index contributed by atoms with van der Waals surface area (Å²) in [4.78, 5) is 0.995. The fourth-order valence-corrected chi connectivity index (χ4v) is 4.00. The number of nitrogens with zero attached hydrogens (tertiary/aromatic N) is 2. The number of sulfonamides is 1. The first-order valence-corrected chi connectivity index (χ1v) is 8.12. The van der Waals surface area contributed by atoms with Gasteiger partial charge in [0.2, 0.25) is 10.0 Å². The Labute approximate surface area is 116 Å². The summed E-state index contributed by atoms with van der Waals surface area (Å²) in [6, 6.07) is 5.26. The lowest BCUT2D eigenvalue weighted by molar-refractivity contribution is 0.562. The average molecular weight is 300 g/mol. The van der Waals surface area contributed by atoms with E-state index in [2.05, 4.69) is 15.1 Å². The highest BCUT2D eigenvalue weighted by Gasteiger charge is 2.15. The Kier molecular flexibility index (Phi) is 4.70. The molecule has 2 heterocycles. The van der Waals surface area contributed by atoms with Gasteiger partial charge in [0, 0.05) is 30.4 Å². The SMILES string of the molecule is CNCc1ccc(S(=O)(=O)NCCn2cccn2)s1. The molecule has 2 aromatic heterocycles. The van der Waals surface area contributed by atoms with Crippen molar-refractivity contribution >= 4 is 21.4 Å². The minimum Gasteiger partial charge on any atom is -0.315 e. The van der Waals surface area contributed by atoms with Gasteiger partial charge in [0.25, 0.3) is 0 Å². The van der Waals surface area contributed by atoms with Crippen molar-refractivity contribution in [2.24, 2.45) is 0 Å². The molecule has 2 rings (SSSR count). The molecule has 0 spiro atoms. The molecule has 19 heavy (non-hydrogen) atoms. The van der Waals surface area contributed by atoms with E-state index in [1.54, 1.807) is 29.2 Å². The van der Waals surface area contributed by atoms with Gasteiger partial charge in [-0.05, 0) is 25.2 Å². The molecule has 0 bridgehead atoms. The lowest BCUT2D eigenvalue weighted by Gasteiger charge is -2.04. The van der Waals surface area contributed by atoms with Gasteiger partial charge >= 0.3 is 0 Å². The van der Waals surface area contributed by atoms with Crippen molar-refractivity contribution in [3.05, 3.63) is 35.5 Å². The summed E-state index contributed by atoms with van der Waals surface area (Å²) in [5, 5.41) is 7.01. The molecule has 0 unspecified atom stereocenters. The van der Waals surface area contributed by atoms with Crippen LogP contribution in [0, 0.1) is 0 Å². The van der Waals surface area contributed by atoms with E-state index in [9.17, 15) is 8.42 Å². The predicted molar refractivity (Wildman–Crippen MR) is 74.5 cm³/mol. The fraction of sp³-hybridized carbons (Fsp3) is 0.364. The van der Waals surface area contributed by atoms with Gasteiger partial charge in [-0.25, -0.2) is 13.1 Å². The molecule has 0 fully saturated rings. The molecule has 0 saturated carbocycles. The lowest BCUT2D eigenvalue weighted by Crippen LogP contribution is -2.26. The van der Waals surface area contributed by atoms with E-state index < -0.39 is 10.0 Å². The summed E-state index contributed by atoms with van der Waals surface area (Å²) in [5.41, 5.74) is 0. The Bertz CT molecular complexity index is 604. The molecule has 2 aromatic rings. The smallest absolute Gasteiger partial charge is 0.250 e. The van der Waals surface area contributed by atoms with Crippen LogP contribution in [0.3, 0.4) is 0 Å². The average Bonchev–Trinajstić information content (AvgIpc) is 3.00. The maximum absolute atomic E-state index is 12.0. The molecule has 0 aliphatic rings. The summed E-state index contributed by atoms with van der Waals surface area (Å²) < 4.78 is 28.7. The maximum Gasteiger partial charge on any atom is 0.250 e. The Morgan fingerprint density at radius 2 is 2.26 bits per heavy atom. The van der Waals surface area contributed by atoms with Crippen LogP contribution in [0.1, 0.15) is 4.88 Å². The van der Waals surface area contributed by atoms with Crippen LogP contribution in [0.25, 0.3) is 0 Å². The van der Waals surface area contributed by atoms with Gasteiger partial charge in [0.1, 0.15) is 4.21 Å². The topological polar surface area (TPSA) is 76.0 Å². The van der Waals surface area contributed by atoms with E-state index in [0.717, 1.165) is 4.88 Å². The van der Waals surface area contributed by atoms with Crippen LogP contribution in [-0.2, 0) is 23.1 Å². The Balaban J connectivity index is 1.93. The normalized spacial score (nSPS) is 11.8. The zero-order valence-corrected chi connectivity index (χ0v) is 12.2. The van der Waals surface area contributed by atoms with Crippen molar-refractivity contribution < 1.29 is 8.42 Å². The number of aromatic nitrogens is 2. The highest BCUT2D eigenvalue weighted by atomic mass is 32.2. The van der Waals surface area contributed by atoms with E-state index in [1.165, 1.54) is 11.3 Å². The van der Waals surface area contributed by atoms with Gasteiger partial charge in [-0.1, -0.05) is 0 Å². The third kappa shape index (κ3) is 3.87. The minimum atomic E-state index is -3.41. The van der Waals surface area contributed by atoms with E-state index in [0.29, 0.717) is 23.8 Å². The highest BCUT2D eigenvalue weighted by Crippen LogP contribution is 2.21. The summed E-state index contributed by atoms with van der Waals surface area (Å²) in [6.45, 7) is 1.51. The van der Waals surface area contributed by atoms with E-state index in [4.69, 9.17) is 0 Å². The second-order valence-corrected chi connectivity index (χ2v) is 7.08. The van der Waals surface area contributed by atoms with Crippen molar-refractivity contribution in [3.63, 3.8) is 0 Å². The van der Waals surface area contributed by atoms with Crippen molar-refractivity contribution in [2.45, 2.75) is 17.3 Å². The number of thiophene rings is 1. The van der Waals surface area contributed by atoms with Crippen LogP contribution < -0.4 is 10.0 Å². The van der Waals surface area contributed by atoms with Crippen LogP contribution in [0.2, 0.25) is 0 Å². The van der Waals surface area contributed by atoms with Crippen molar-refractivity contribution in [1.82, 2.24) is 19.8 Å². The predicted octanol–water partition coefficient (Wildman–Crippen LogP) is 0.642. The van der Waals surface area contributed by atoms with Crippen LogP contribution >= 0.6 is 11.3 Å². The van der Waals surface area contributed by atoms with E-state index in [-0.39, 0.29) is 0 Å². The third-order valence-electron chi connectivity index (χ3n) is 2.45. The lowest BCUT2D eigenvalue weighted by atomic mass is 10.5. The monoisotopic (exact) mass is 300 g/mol. The van der Waals surface area contributed by atoms with Crippen molar-refractivity contribution in [2.75, 3.05) is 13.6 Å². The second kappa shape index (κ2) is 6.29. The molecular formula is C11H16N4O2S2. The number of rotatable bonds is 7. The van der Waals surface area contributed by atoms with Gasteiger partial charge in [0.05, 0.1) is 6.54 Å². The molecule has 0 saturated heterocycles. The number of nitrogens with one attached hydrogen (secondary N) is 2. The molecule has 6 nitrogen and oxygen atoms in total. The van der Waals surface area contributed by atoms with Gasteiger partial charge < -0.3 is 5.32 Å². The van der Waals surface area contributed by atoms with Gasteiger partial charge in [-0.15, -0.1) is 11.3 Å². The molecule has 2 N–H and O–H groups in total. The first kappa shape index (κ1) is 14.2. The Hall–Kier alpha value is -1.22. The van der Waals surface area contributed by atoms with Crippen molar-refractivity contribution in [3.8, 4) is 0 Å². The standard InChI is InChI=1S/C11H16N4O2S2/c1-12-9-10-3-4-11(18-10)19(16,17)14-6-8-15-7-2-5-13-15/h2-5,7,12,14H,6,8-9H2,1H3. The van der Waals surface area contributed by atoms with Gasteiger partial charge in [-0.2, -0.15) is 5.10 Å². The maximum atomic E-state index is 12.0. The second-order valence-electron chi connectivity index (χ2n) is 3.92. The molecule has 0 atom stereocenters. The fourth-order valence-electron chi connectivity index (χ4n) is 1.57. The zero-order valence-electron chi connectivity index (χ0n) is 10.5. The van der Waals surface area contributed by atoms with E-state index in [1.807, 2.05) is 13.1 Å². The minimum absolute atomic E-state index is 0.323. The molecule has 104 valence electrons. The summed E-state index contributed by atoms with van der Waals surface area (Å²) >= 11 is 1.28. The van der Waals surface area contributed by atoms with Crippen LogP contribution in [0.5, 0.6) is 0 Å². The summed E-state index contributed by atoms with van der Waals surface area (Å²) in [7, 11) is -1.58. The van der Waals surface area contributed by atoms with Gasteiger partial charge in [-0.3, -0.25) is 4.68 Å². The molecule has 0 amide bonds. The highest BCUT2D eigenvalue weighted by molar-refractivity contribution is 7.91. The third-order valence-corrected chi connectivity index (χ3v) is 5.48. The quantitative estimate of drug-likeness (QED) is 0.787. The first-order chi connectivity index (χ1) is 9.12. The molecule has 0 aliphatic heterocycles. The summed E-state index contributed by atoms with van der Waals surface area (Å²) in [5.74, 6) is 0. The molecule has 0 radical (unpaired) electrons. The van der Waals surface area contributed by atoms with Crippen LogP contribution in [-0.4, -0.2) is 31.8 Å². The van der Waals surface area contributed by atoms with E-state index >= 15 is 0 Å². The summed E-state index contributed by atoms with van der Waals surface area (Å²) in [6.07, 6.45) is 3.46. The largest absolute Gasteiger partial charge is 0.315 e. The molecule has 0 aromatic carbocycles. The van der Waals surface area contributed by atoms with Crippen LogP contribution in [0.4, 0.5) is 0 Å². The number of hydrogen-bond donors (Lipinski definition) is 2. The molecular weight excluding hydrogens is 284 g/mol. The Morgan fingerprint density at radius 1 is 1.42 bits per heavy atom. The Morgan fingerprint density at radius 3 is 2.95 bits per heavy atom. The van der Waals surface area contributed by atoms with Gasteiger partial charge in [0.15, 0.2) is 0 Å². The number of hydrogen-bond acceptors (Lipinski definition) is 5. The first-order valence-electron chi connectivity index (χ1n) is 5.82. The van der Waals surface area contributed by atoms with Crippen LogP contribution in [0.15, 0.2) is 34.8 Å². The molecule has 8 heteroatoms. The van der Waals surface area contributed by atoms with Crippen molar-refractivity contribution in [1.29, 1.82) is 0 Å². The zero-order chi connectivity index (χ0) is 13.7.